The largest absolute Gasteiger partial charge is 0.494 e. The van der Waals surface area contributed by atoms with Crippen LogP contribution in [0.15, 0.2) is 60.3 Å². The highest BCUT2D eigenvalue weighted by Crippen LogP contribution is 2.17. The van der Waals surface area contributed by atoms with Gasteiger partial charge in [-0.2, -0.15) is 0 Å². The lowest BCUT2D eigenvalue weighted by molar-refractivity contribution is 0.104. The summed E-state index contributed by atoms with van der Waals surface area (Å²) in [6.45, 7) is 4.44. The van der Waals surface area contributed by atoms with Crippen LogP contribution < -0.4 is 10.1 Å². The molecule has 0 unspecified atom stereocenters. The average Bonchev–Trinajstić information content (AvgIpc) is 2.50. The highest BCUT2D eigenvalue weighted by molar-refractivity contribution is 6.30. The molecular formula is C18H18ClNO2. The van der Waals surface area contributed by atoms with E-state index in [1.165, 1.54) is 0 Å². The number of benzene rings is 2. The monoisotopic (exact) mass is 315 g/mol. The van der Waals surface area contributed by atoms with Crippen LogP contribution in [-0.4, -0.2) is 12.4 Å². The van der Waals surface area contributed by atoms with Crippen molar-refractivity contribution in [1.29, 1.82) is 0 Å². The van der Waals surface area contributed by atoms with E-state index < -0.39 is 0 Å². The summed E-state index contributed by atoms with van der Waals surface area (Å²) in [6, 6.07) is 14.4. The van der Waals surface area contributed by atoms with Gasteiger partial charge in [-0.15, -0.1) is 0 Å². The molecule has 0 aliphatic carbocycles. The molecule has 1 N–H and O–H groups in total. The molecule has 0 saturated heterocycles. The first-order valence-electron chi connectivity index (χ1n) is 7.06. The van der Waals surface area contributed by atoms with Crippen molar-refractivity contribution < 1.29 is 9.53 Å². The molecular weight excluding hydrogens is 298 g/mol. The Morgan fingerprint density at radius 2 is 1.77 bits per heavy atom. The van der Waals surface area contributed by atoms with E-state index in [-0.39, 0.29) is 5.78 Å². The number of hydrogen-bond acceptors (Lipinski definition) is 3. The summed E-state index contributed by atoms with van der Waals surface area (Å²) in [6.07, 6.45) is 1.57. The Labute approximate surface area is 135 Å². The fourth-order valence-corrected chi connectivity index (χ4v) is 2.09. The van der Waals surface area contributed by atoms with Crippen LogP contribution in [0.25, 0.3) is 0 Å². The molecule has 114 valence electrons. The van der Waals surface area contributed by atoms with Crippen molar-refractivity contribution in [3.63, 3.8) is 0 Å². The molecule has 0 amide bonds. The fraction of sp³-hybridized carbons (Fsp3) is 0.167. The fourth-order valence-electron chi connectivity index (χ4n) is 1.96. The number of nitrogens with one attached hydrogen (secondary N) is 1. The van der Waals surface area contributed by atoms with Gasteiger partial charge < -0.3 is 10.1 Å². The predicted octanol–water partition coefficient (Wildman–Crippen LogP) is 4.94. The third-order valence-corrected chi connectivity index (χ3v) is 3.24. The number of ketones is 1. The van der Waals surface area contributed by atoms with Gasteiger partial charge in [-0.25, -0.2) is 0 Å². The van der Waals surface area contributed by atoms with Crippen molar-refractivity contribution in [2.45, 2.75) is 13.8 Å². The number of halogens is 1. The molecule has 0 saturated carbocycles. The van der Waals surface area contributed by atoms with Crippen molar-refractivity contribution in [2.24, 2.45) is 0 Å². The Hall–Kier alpha value is -2.26. The topological polar surface area (TPSA) is 38.3 Å². The summed E-state index contributed by atoms with van der Waals surface area (Å²) in [7, 11) is 0. The van der Waals surface area contributed by atoms with E-state index in [1.807, 2.05) is 38.1 Å². The summed E-state index contributed by atoms with van der Waals surface area (Å²) >= 11 is 5.82. The molecule has 4 heteroatoms. The van der Waals surface area contributed by atoms with Gasteiger partial charge in [0, 0.05) is 28.0 Å². The Kier molecular flexibility index (Phi) is 5.61. The highest BCUT2D eigenvalue weighted by atomic mass is 35.5. The van der Waals surface area contributed by atoms with E-state index in [2.05, 4.69) is 5.32 Å². The number of carbonyl (C=O) groups excluding carboxylic acids is 1. The van der Waals surface area contributed by atoms with Gasteiger partial charge in [0.2, 0.25) is 0 Å². The number of ether oxygens (including phenoxy) is 1. The van der Waals surface area contributed by atoms with Gasteiger partial charge in [0.15, 0.2) is 5.78 Å². The normalized spacial score (nSPS) is 11.1. The van der Waals surface area contributed by atoms with E-state index in [0.29, 0.717) is 17.2 Å². The molecule has 2 aromatic rings. The van der Waals surface area contributed by atoms with Crippen molar-refractivity contribution in [1.82, 2.24) is 0 Å². The lowest BCUT2D eigenvalue weighted by atomic mass is 10.1. The molecule has 0 fully saturated rings. The second-order valence-corrected chi connectivity index (χ2v) is 5.22. The number of carbonyl (C=O) groups is 1. The molecule has 0 aromatic heterocycles. The molecule has 0 aliphatic heterocycles. The third kappa shape index (κ3) is 4.64. The molecule has 0 radical (unpaired) electrons. The first-order chi connectivity index (χ1) is 10.6. The maximum atomic E-state index is 12.1. The smallest absolute Gasteiger partial charge is 0.187 e. The zero-order valence-electron chi connectivity index (χ0n) is 12.6. The van der Waals surface area contributed by atoms with Crippen LogP contribution in [-0.2, 0) is 0 Å². The Bertz CT molecular complexity index is 660. The molecule has 22 heavy (non-hydrogen) atoms. The molecule has 0 aliphatic rings. The van der Waals surface area contributed by atoms with E-state index in [0.717, 1.165) is 17.1 Å². The summed E-state index contributed by atoms with van der Waals surface area (Å²) in [5.41, 5.74) is 2.28. The summed E-state index contributed by atoms with van der Waals surface area (Å²) < 4.78 is 5.39. The lowest BCUT2D eigenvalue weighted by Gasteiger charge is -2.08. The Morgan fingerprint density at radius 1 is 1.14 bits per heavy atom. The van der Waals surface area contributed by atoms with Crippen molar-refractivity contribution >= 4 is 23.1 Å². The van der Waals surface area contributed by atoms with E-state index in [1.54, 1.807) is 30.3 Å². The maximum absolute atomic E-state index is 12.1. The van der Waals surface area contributed by atoms with Gasteiger partial charge in [-0.05, 0) is 62.4 Å². The lowest BCUT2D eigenvalue weighted by Crippen LogP contribution is -2.01. The Morgan fingerprint density at radius 3 is 2.36 bits per heavy atom. The van der Waals surface area contributed by atoms with Crippen LogP contribution in [0.2, 0.25) is 5.02 Å². The van der Waals surface area contributed by atoms with Crippen molar-refractivity contribution in [2.75, 3.05) is 11.9 Å². The van der Waals surface area contributed by atoms with Crippen LogP contribution in [0.5, 0.6) is 5.75 Å². The second-order valence-electron chi connectivity index (χ2n) is 4.78. The second kappa shape index (κ2) is 7.66. The van der Waals surface area contributed by atoms with E-state index in [9.17, 15) is 4.79 Å². The third-order valence-electron chi connectivity index (χ3n) is 2.98. The maximum Gasteiger partial charge on any atom is 0.187 e. The average molecular weight is 316 g/mol. The molecule has 3 nitrogen and oxygen atoms in total. The number of allylic oxidation sites excluding steroid dienone is 2. The zero-order valence-corrected chi connectivity index (χ0v) is 13.4. The van der Waals surface area contributed by atoms with Crippen LogP contribution in [0, 0.1) is 0 Å². The van der Waals surface area contributed by atoms with Gasteiger partial charge in [-0.3, -0.25) is 4.79 Å². The predicted molar refractivity (Wildman–Crippen MR) is 90.8 cm³/mol. The van der Waals surface area contributed by atoms with E-state index in [4.69, 9.17) is 16.3 Å². The highest BCUT2D eigenvalue weighted by Gasteiger charge is 2.03. The first-order valence-corrected chi connectivity index (χ1v) is 7.44. The van der Waals surface area contributed by atoms with Gasteiger partial charge in [0.05, 0.1) is 6.61 Å². The van der Waals surface area contributed by atoms with Gasteiger partial charge in [0.25, 0.3) is 0 Å². The van der Waals surface area contributed by atoms with Crippen LogP contribution in [0.4, 0.5) is 5.69 Å². The molecule has 0 atom stereocenters. The Balaban J connectivity index is 2.02. The van der Waals surface area contributed by atoms with Crippen LogP contribution in [0.3, 0.4) is 0 Å². The number of rotatable bonds is 6. The zero-order chi connectivity index (χ0) is 15.9. The molecule has 2 aromatic carbocycles. The quantitative estimate of drug-likeness (QED) is 0.606. The van der Waals surface area contributed by atoms with Gasteiger partial charge in [0.1, 0.15) is 5.75 Å². The number of anilines is 1. The minimum absolute atomic E-state index is 0.0624. The summed E-state index contributed by atoms with van der Waals surface area (Å²) in [4.78, 5) is 12.1. The van der Waals surface area contributed by atoms with Crippen molar-refractivity contribution in [3.8, 4) is 5.75 Å². The minimum Gasteiger partial charge on any atom is -0.494 e. The summed E-state index contributed by atoms with van der Waals surface area (Å²) in [5, 5.41) is 3.80. The number of hydrogen-bond donors (Lipinski definition) is 1. The molecule has 2 rings (SSSR count). The minimum atomic E-state index is -0.0624. The molecule has 0 bridgehead atoms. The van der Waals surface area contributed by atoms with Crippen LogP contribution >= 0.6 is 11.6 Å². The SMILES string of the molecule is CCOc1ccc(NC(C)=CC(=O)c2ccc(Cl)cc2)cc1. The van der Waals surface area contributed by atoms with E-state index >= 15 is 0 Å². The first kappa shape index (κ1) is 16.1. The summed E-state index contributed by atoms with van der Waals surface area (Å²) in [5.74, 6) is 0.763. The standard InChI is InChI=1S/C18H18ClNO2/c1-3-22-17-10-8-16(9-11-17)20-13(2)12-18(21)14-4-6-15(19)7-5-14/h4-12,20H,3H2,1-2H3. The molecule has 0 spiro atoms. The molecule has 0 heterocycles. The van der Waals surface area contributed by atoms with Gasteiger partial charge in [-0.1, -0.05) is 11.6 Å². The van der Waals surface area contributed by atoms with Crippen molar-refractivity contribution in [3.05, 3.63) is 70.9 Å². The van der Waals surface area contributed by atoms with Crippen LogP contribution in [0.1, 0.15) is 24.2 Å². The van der Waals surface area contributed by atoms with Gasteiger partial charge >= 0.3 is 0 Å².